The molecule has 0 aliphatic heterocycles. The summed E-state index contributed by atoms with van der Waals surface area (Å²) in [7, 11) is 1.65. The molecule has 5 nitrogen and oxygen atoms in total. The van der Waals surface area contributed by atoms with Crippen molar-refractivity contribution in [2.45, 2.75) is 13.3 Å². The number of nitrogens with zero attached hydrogens (tertiary/aromatic N) is 2. The van der Waals surface area contributed by atoms with Gasteiger partial charge in [-0.15, -0.1) is 0 Å². The molecule has 26 heavy (non-hydrogen) atoms. The van der Waals surface area contributed by atoms with Gasteiger partial charge in [0, 0.05) is 17.8 Å². The van der Waals surface area contributed by atoms with Crippen LogP contribution in [0.1, 0.15) is 11.1 Å². The molecule has 0 amide bonds. The van der Waals surface area contributed by atoms with Gasteiger partial charge in [0.05, 0.1) is 12.8 Å². The quantitative estimate of drug-likeness (QED) is 0.624. The summed E-state index contributed by atoms with van der Waals surface area (Å²) >= 11 is 5.91. The summed E-state index contributed by atoms with van der Waals surface area (Å²) in [4.78, 5) is 8.78. The fourth-order valence-electron chi connectivity index (χ4n) is 2.54. The van der Waals surface area contributed by atoms with Gasteiger partial charge in [0.15, 0.2) is 0 Å². The second-order valence-electron chi connectivity index (χ2n) is 5.90. The zero-order valence-electron chi connectivity index (χ0n) is 14.8. The molecule has 3 aromatic rings. The molecule has 3 rings (SSSR count). The number of hydrogen-bond acceptors (Lipinski definition) is 5. The summed E-state index contributed by atoms with van der Waals surface area (Å²) in [5.41, 5.74) is 3.22. The van der Waals surface area contributed by atoms with E-state index in [9.17, 15) is 0 Å². The third-order valence-corrected chi connectivity index (χ3v) is 4.14. The molecular weight excluding hydrogens is 348 g/mol. The number of halogens is 1. The van der Waals surface area contributed by atoms with E-state index < -0.39 is 0 Å². The van der Waals surface area contributed by atoms with Gasteiger partial charge in [0.1, 0.15) is 11.6 Å². The molecule has 2 aromatic carbocycles. The summed E-state index contributed by atoms with van der Waals surface area (Å²) in [5, 5.41) is 7.28. The Bertz CT molecular complexity index is 868. The van der Waals surface area contributed by atoms with Gasteiger partial charge >= 0.3 is 0 Å². The number of aryl methyl sites for hydroxylation is 1. The molecule has 134 valence electrons. The predicted molar refractivity (Wildman–Crippen MR) is 107 cm³/mol. The molecule has 0 aliphatic rings. The van der Waals surface area contributed by atoms with Gasteiger partial charge in [-0.1, -0.05) is 29.8 Å². The number of ether oxygens (including phenoxy) is 1. The van der Waals surface area contributed by atoms with Crippen LogP contribution in [-0.2, 0) is 6.42 Å². The zero-order valence-corrected chi connectivity index (χ0v) is 15.5. The Kier molecular flexibility index (Phi) is 5.92. The van der Waals surface area contributed by atoms with Crippen molar-refractivity contribution in [2.75, 3.05) is 24.3 Å². The summed E-state index contributed by atoms with van der Waals surface area (Å²) in [6, 6.07) is 15.6. The first-order chi connectivity index (χ1) is 12.6. The van der Waals surface area contributed by atoms with E-state index in [1.54, 1.807) is 13.3 Å². The SMILES string of the molecule is COc1ccc(C)cc1Nc1ccnc(NCCc2ccc(Cl)cc2)n1. The Hall–Kier alpha value is -2.79. The molecule has 0 unspecified atom stereocenters. The van der Waals surface area contributed by atoms with Gasteiger partial charge < -0.3 is 15.4 Å². The zero-order chi connectivity index (χ0) is 18.4. The van der Waals surface area contributed by atoms with E-state index in [0.717, 1.165) is 35.0 Å². The second kappa shape index (κ2) is 8.54. The number of nitrogens with one attached hydrogen (secondary N) is 2. The van der Waals surface area contributed by atoms with Crippen molar-refractivity contribution in [1.82, 2.24) is 9.97 Å². The standard InChI is InChI=1S/C20H21ClN4O/c1-14-3-8-18(26-2)17(13-14)24-19-10-12-23-20(25-19)22-11-9-15-4-6-16(21)7-5-15/h3-8,10,12-13H,9,11H2,1-2H3,(H2,22,23,24,25). The van der Waals surface area contributed by atoms with Crippen LogP contribution < -0.4 is 15.4 Å². The third-order valence-electron chi connectivity index (χ3n) is 3.88. The number of rotatable bonds is 7. The van der Waals surface area contributed by atoms with Crippen LogP contribution in [0.2, 0.25) is 5.02 Å². The predicted octanol–water partition coefficient (Wildman–Crippen LogP) is 4.85. The van der Waals surface area contributed by atoms with Crippen molar-refractivity contribution in [2.24, 2.45) is 0 Å². The van der Waals surface area contributed by atoms with Crippen LogP contribution in [0.5, 0.6) is 5.75 Å². The van der Waals surface area contributed by atoms with Gasteiger partial charge in [0.2, 0.25) is 5.95 Å². The van der Waals surface area contributed by atoms with E-state index in [0.29, 0.717) is 11.8 Å². The van der Waals surface area contributed by atoms with E-state index in [-0.39, 0.29) is 0 Å². The average molecular weight is 369 g/mol. The highest BCUT2D eigenvalue weighted by Gasteiger charge is 2.05. The van der Waals surface area contributed by atoms with E-state index in [1.165, 1.54) is 5.56 Å². The highest BCUT2D eigenvalue weighted by Crippen LogP contribution is 2.28. The van der Waals surface area contributed by atoms with E-state index in [4.69, 9.17) is 16.3 Å². The normalized spacial score (nSPS) is 10.4. The molecule has 1 aromatic heterocycles. The molecule has 0 saturated carbocycles. The lowest BCUT2D eigenvalue weighted by Crippen LogP contribution is -2.08. The van der Waals surface area contributed by atoms with Gasteiger partial charge in [-0.3, -0.25) is 0 Å². The maximum absolute atomic E-state index is 5.91. The summed E-state index contributed by atoms with van der Waals surface area (Å²) in [6.07, 6.45) is 2.59. The van der Waals surface area contributed by atoms with Crippen LogP contribution in [0.15, 0.2) is 54.7 Å². The van der Waals surface area contributed by atoms with Crippen LogP contribution in [0.4, 0.5) is 17.5 Å². The number of methoxy groups -OCH3 is 1. The largest absolute Gasteiger partial charge is 0.495 e. The molecule has 0 saturated heterocycles. The molecule has 0 atom stereocenters. The number of aromatic nitrogens is 2. The lowest BCUT2D eigenvalue weighted by molar-refractivity contribution is 0.416. The number of hydrogen-bond donors (Lipinski definition) is 2. The van der Waals surface area contributed by atoms with E-state index in [2.05, 4.69) is 20.6 Å². The van der Waals surface area contributed by atoms with Crippen molar-refractivity contribution in [3.63, 3.8) is 0 Å². The fraction of sp³-hybridized carbons (Fsp3) is 0.200. The Labute approximate surface area is 158 Å². The van der Waals surface area contributed by atoms with Crippen molar-refractivity contribution in [1.29, 1.82) is 0 Å². The number of benzene rings is 2. The Morgan fingerprint density at radius 1 is 1.08 bits per heavy atom. The topological polar surface area (TPSA) is 59.1 Å². The minimum atomic E-state index is 0.579. The van der Waals surface area contributed by atoms with E-state index >= 15 is 0 Å². The number of anilines is 3. The molecule has 2 N–H and O–H groups in total. The first-order valence-electron chi connectivity index (χ1n) is 8.37. The maximum atomic E-state index is 5.91. The first-order valence-corrected chi connectivity index (χ1v) is 8.75. The highest BCUT2D eigenvalue weighted by atomic mass is 35.5. The Balaban J connectivity index is 1.63. The van der Waals surface area contributed by atoms with Crippen molar-refractivity contribution < 1.29 is 4.74 Å². The monoisotopic (exact) mass is 368 g/mol. The summed E-state index contributed by atoms with van der Waals surface area (Å²) < 4.78 is 5.39. The van der Waals surface area contributed by atoms with Crippen molar-refractivity contribution in [3.05, 3.63) is 70.9 Å². The second-order valence-corrected chi connectivity index (χ2v) is 6.33. The van der Waals surface area contributed by atoms with Crippen LogP contribution in [0.25, 0.3) is 0 Å². The van der Waals surface area contributed by atoms with Gasteiger partial charge in [-0.2, -0.15) is 4.98 Å². The van der Waals surface area contributed by atoms with Crippen LogP contribution in [-0.4, -0.2) is 23.6 Å². The van der Waals surface area contributed by atoms with Gasteiger partial charge in [-0.05, 0) is 54.8 Å². The lowest BCUT2D eigenvalue weighted by Gasteiger charge is -2.12. The molecule has 0 spiro atoms. The molecule has 0 aliphatic carbocycles. The van der Waals surface area contributed by atoms with Gasteiger partial charge in [-0.25, -0.2) is 4.98 Å². The average Bonchev–Trinajstić information content (AvgIpc) is 2.64. The molecule has 0 fully saturated rings. The van der Waals surface area contributed by atoms with Crippen molar-refractivity contribution in [3.8, 4) is 5.75 Å². The van der Waals surface area contributed by atoms with Gasteiger partial charge in [0.25, 0.3) is 0 Å². The van der Waals surface area contributed by atoms with Crippen LogP contribution in [0.3, 0.4) is 0 Å². The van der Waals surface area contributed by atoms with E-state index in [1.807, 2.05) is 55.5 Å². The molecule has 0 bridgehead atoms. The molecule has 1 heterocycles. The fourth-order valence-corrected chi connectivity index (χ4v) is 2.67. The minimum absolute atomic E-state index is 0.579. The van der Waals surface area contributed by atoms with Crippen LogP contribution in [0, 0.1) is 6.92 Å². The molecular formula is C20H21ClN4O. The Morgan fingerprint density at radius 3 is 2.65 bits per heavy atom. The van der Waals surface area contributed by atoms with Crippen LogP contribution >= 0.6 is 11.6 Å². The third kappa shape index (κ3) is 4.86. The lowest BCUT2D eigenvalue weighted by atomic mass is 10.1. The highest BCUT2D eigenvalue weighted by molar-refractivity contribution is 6.30. The Morgan fingerprint density at radius 2 is 1.88 bits per heavy atom. The first kappa shape index (κ1) is 18.0. The minimum Gasteiger partial charge on any atom is -0.495 e. The maximum Gasteiger partial charge on any atom is 0.224 e. The molecule has 0 radical (unpaired) electrons. The smallest absolute Gasteiger partial charge is 0.224 e. The van der Waals surface area contributed by atoms with Crippen molar-refractivity contribution >= 4 is 29.1 Å². The molecule has 6 heteroatoms. The summed E-state index contributed by atoms with van der Waals surface area (Å²) in [5.74, 6) is 2.06. The summed E-state index contributed by atoms with van der Waals surface area (Å²) in [6.45, 7) is 2.77.